The number of hydrogen-bond donors (Lipinski definition) is 2. The fourth-order valence-corrected chi connectivity index (χ4v) is 3.91. The van der Waals surface area contributed by atoms with Crippen molar-refractivity contribution in [3.05, 3.63) is 51.0 Å². The Morgan fingerprint density at radius 3 is 2.91 bits per heavy atom. The van der Waals surface area contributed by atoms with E-state index in [2.05, 4.69) is 10.6 Å². The number of amides is 1. The van der Waals surface area contributed by atoms with Crippen LogP contribution in [0, 0.1) is 5.82 Å². The summed E-state index contributed by atoms with van der Waals surface area (Å²) in [6.07, 6.45) is 2.96. The molecule has 1 saturated carbocycles. The van der Waals surface area contributed by atoms with Crippen molar-refractivity contribution in [3.63, 3.8) is 0 Å². The zero-order valence-electron chi connectivity index (χ0n) is 12.5. The number of benzene rings is 1. The summed E-state index contributed by atoms with van der Waals surface area (Å²) in [6.45, 7) is 1.47. The number of hydrogen-bond acceptors (Lipinski definition) is 3. The quantitative estimate of drug-likeness (QED) is 0.873. The summed E-state index contributed by atoms with van der Waals surface area (Å²) in [5, 5.41) is 7.93. The minimum absolute atomic E-state index is 0. The van der Waals surface area contributed by atoms with Gasteiger partial charge >= 0.3 is 0 Å². The summed E-state index contributed by atoms with van der Waals surface area (Å²) < 4.78 is 14.6. The zero-order chi connectivity index (χ0) is 15.1. The van der Waals surface area contributed by atoms with Crippen molar-refractivity contribution in [2.45, 2.75) is 31.7 Å². The largest absolute Gasteiger partial charge is 0.319 e. The number of halogens is 2. The molecule has 1 aromatic carbocycles. The van der Waals surface area contributed by atoms with Gasteiger partial charge in [0.15, 0.2) is 0 Å². The van der Waals surface area contributed by atoms with Gasteiger partial charge in [-0.25, -0.2) is 4.39 Å². The highest BCUT2D eigenvalue weighted by Gasteiger charge is 2.29. The van der Waals surface area contributed by atoms with Crippen molar-refractivity contribution < 1.29 is 9.18 Å². The van der Waals surface area contributed by atoms with Crippen LogP contribution in [0.5, 0.6) is 0 Å². The highest BCUT2D eigenvalue weighted by Crippen LogP contribution is 2.43. The Labute approximate surface area is 144 Å². The monoisotopic (exact) mass is 352 g/mol. The predicted octanol–water partition coefficient (Wildman–Crippen LogP) is 4.08. The SMILES string of the molecule is Cl.O=C(Nc1ccc2c(c1F)CCNC2)c1sccc1C1CC1. The number of fused-ring (bicyclic) bond motifs is 1. The molecule has 2 aromatic rings. The van der Waals surface area contributed by atoms with E-state index in [0.29, 0.717) is 24.6 Å². The molecule has 3 nitrogen and oxygen atoms in total. The lowest BCUT2D eigenvalue weighted by molar-refractivity contribution is 0.102. The van der Waals surface area contributed by atoms with Crippen LogP contribution in [0.2, 0.25) is 0 Å². The molecule has 1 aliphatic heterocycles. The van der Waals surface area contributed by atoms with E-state index in [1.165, 1.54) is 11.3 Å². The molecule has 1 aliphatic carbocycles. The minimum atomic E-state index is -0.281. The van der Waals surface area contributed by atoms with Gasteiger partial charge in [0.1, 0.15) is 5.82 Å². The van der Waals surface area contributed by atoms with Gasteiger partial charge in [-0.1, -0.05) is 6.07 Å². The molecule has 1 aromatic heterocycles. The molecule has 4 rings (SSSR count). The van der Waals surface area contributed by atoms with Crippen molar-refractivity contribution in [1.29, 1.82) is 0 Å². The second-order valence-electron chi connectivity index (χ2n) is 5.93. The van der Waals surface area contributed by atoms with Crippen molar-refractivity contribution in [2.75, 3.05) is 11.9 Å². The van der Waals surface area contributed by atoms with Crippen molar-refractivity contribution in [3.8, 4) is 0 Å². The number of anilines is 1. The molecule has 2 aliphatic rings. The van der Waals surface area contributed by atoms with Gasteiger partial charge in [0.2, 0.25) is 0 Å². The van der Waals surface area contributed by atoms with Crippen molar-refractivity contribution in [2.24, 2.45) is 0 Å². The number of rotatable bonds is 3. The average molecular weight is 353 g/mol. The molecule has 6 heteroatoms. The molecule has 0 atom stereocenters. The van der Waals surface area contributed by atoms with E-state index in [4.69, 9.17) is 0 Å². The van der Waals surface area contributed by atoms with E-state index in [-0.39, 0.29) is 24.1 Å². The molecular weight excluding hydrogens is 335 g/mol. The number of carbonyl (C=O) groups excluding carboxylic acids is 1. The maximum absolute atomic E-state index is 14.6. The molecule has 1 amide bonds. The van der Waals surface area contributed by atoms with E-state index in [0.717, 1.165) is 41.0 Å². The molecule has 2 heterocycles. The molecule has 0 radical (unpaired) electrons. The maximum atomic E-state index is 14.6. The second-order valence-corrected chi connectivity index (χ2v) is 6.84. The van der Waals surface area contributed by atoms with Crippen LogP contribution in [0.4, 0.5) is 10.1 Å². The summed E-state index contributed by atoms with van der Waals surface area (Å²) in [4.78, 5) is 13.2. The average Bonchev–Trinajstić information content (AvgIpc) is 3.27. The molecule has 2 N–H and O–H groups in total. The molecule has 122 valence electrons. The standard InChI is InChI=1S/C17H17FN2OS.ClH/c18-15-12-5-7-19-9-11(12)3-4-14(15)20-17(21)16-13(6-8-22-16)10-1-2-10;/h3-4,6,8,10,19H,1-2,5,7,9H2,(H,20,21);1H. The van der Waals surface area contributed by atoms with Crippen molar-refractivity contribution in [1.82, 2.24) is 5.32 Å². The summed E-state index contributed by atoms with van der Waals surface area (Å²) in [5.74, 6) is 0.0491. The first-order chi connectivity index (χ1) is 10.7. The Hall–Kier alpha value is -1.43. The third-order valence-corrected chi connectivity index (χ3v) is 5.30. The summed E-state index contributed by atoms with van der Waals surface area (Å²) >= 11 is 1.44. The Kier molecular flexibility index (Phi) is 4.71. The first-order valence-corrected chi connectivity index (χ1v) is 8.51. The van der Waals surface area contributed by atoms with Gasteiger partial charge in [-0.05, 0) is 65.9 Å². The predicted molar refractivity (Wildman–Crippen MR) is 93.3 cm³/mol. The normalized spacial score (nSPS) is 16.4. The van der Waals surface area contributed by atoms with Gasteiger partial charge < -0.3 is 10.6 Å². The molecule has 0 bridgehead atoms. The Bertz CT molecular complexity index is 742. The number of carbonyl (C=O) groups is 1. The lowest BCUT2D eigenvalue weighted by Crippen LogP contribution is -2.25. The third kappa shape index (κ3) is 3.13. The Balaban J connectivity index is 0.00000156. The lowest BCUT2D eigenvalue weighted by atomic mass is 9.99. The number of nitrogens with one attached hydrogen (secondary N) is 2. The van der Waals surface area contributed by atoms with E-state index in [1.54, 1.807) is 6.07 Å². The lowest BCUT2D eigenvalue weighted by Gasteiger charge is -2.19. The molecule has 0 saturated heterocycles. The van der Waals surface area contributed by atoms with Gasteiger partial charge in [-0.2, -0.15) is 0 Å². The first-order valence-electron chi connectivity index (χ1n) is 7.64. The van der Waals surface area contributed by atoms with Crippen LogP contribution in [-0.4, -0.2) is 12.5 Å². The molecule has 0 unspecified atom stereocenters. The Morgan fingerprint density at radius 1 is 1.30 bits per heavy atom. The zero-order valence-corrected chi connectivity index (χ0v) is 14.2. The molecule has 0 spiro atoms. The van der Waals surface area contributed by atoms with E-state index >= 15 is 0 Å². The second kappa shape index (κ2) is 6.59. The smallest absolute Gasteiger partial charge is 0.266 e. The van der Waals surface area contributed by atoms with E-state index < -0.39 is 0 Å². The van der Waals surface area contributed by atoms with Gasteiger partial charge in [-0.15, -0.1) is 23.7 Å². The fraction of sp³-hybridized carbons (Fsp3) is 0.353. The Morgan fingerprint density at radius 2 is 2.13 bits per heavy atom. The third-order valence-electron chi connectivity index (χ3n) is 4.37. The highest BCUT2D eigenvalue weighted by molar-refractivity contribution is 7.12. The van der Waals surface area contributed by atoms with Crippen LogP contribution in [0.1, 0.15) is 45.1 Å². The van der Waals surface area contributed by atoms with Crippen LogP contribution >= 0.6 is 23.7 Å². The van der Waals surface area contributed by atoms with Crippen molar-refractivity contribution >= 4 is 35.3 Å². The molecular formula is C17H18ClFN2OS. The topological polar surface area (TPSA) is 41.1 Å². The number of thiophene rings is 1. The fourth-order valence-electron chi connectivity index (χ4n) is 3.03. The van der Waals surface area contributed by atoms with Gasteiger partial charge in [0.05, 0.1) is 10.6 Å². The molecule has 23 heavy (non-hydrogen) atoms. The summed E-state index contributed by atoms with van der Waals surface area (Å²) in [6, 6.07) is 5.59. The molecule has 1 fully saturated rings. The van der Waals surface area contributed by atoms with Gasteiger partial charge in [0, 0.05) is 6.54 Å². The van der Waals surface area contributed by atoms with E-state index in [1.807, 2.05) is 17.5 Å². The van der Waals surface area contributed by atoms with Gasteiger partial charge in [-0.3, -0.25) is 4.79 Å². The maximum Gasteiger partial charge on any atom is 0.266 e. The summed E-state index contributed by atoms with van der Waals surface area (Å²) in [5.41, 5.74) is 3.12. The van der Waals surface area contributed by atoms with Crippen LogP contribution in [0.25, 0.3) is 0 Å². The van der Waals surface area contributed by atoms with Crippen LogP contribution in [0.15, 0.2) is 23.6 Å². The highest BCUT2D eigenvalue weighted by atomic mass is 35.5. The van der Waals surface area contributed by atoms with Gasteiger partial charge in [0.25, 0.3) is 5.91 Å². The van der Waals surface area contributed by atoms with E-state index in [9.17, 15) is 9.18 Å². The van der Waals surface area contributed by atoms with Crippen LogP contribution < -0.4 is 10.6 Å². The first kappa shape index (κ1) is 16.4. The van der Waals surface area contributed by atoms with Crippen LogP contribution in [-0.2, 0) is 13.0 Å². The minimum Gasteiger partial charge on any atom is -0.319 e. The van der Waals surface area contributed by atoms with Crippen LogP contribution in [0.3, 0.4) is 0 Å². The summed E-state index contributed by atoms with van der Waals surface area (Å²) in [7, 11) is 0.